The number of hydrogen-bond donors (Lipinski definition) is 0. The van der Waals surface area contributed by atoms with Crippen LogP contribution in [-0.2, 0) is 21.1 Å². The monoisotopic (exact) mass is 459 g/mol. The Hall–Kier alpha value is -2.81. The summed E-state index contributed by atoms with van der Waals surface area (Å²) < 4.78 is 30.5. The number of benzene rings is 1. The number of fused-ring (bicyclic) bond motifs is 1. The second-order valence-corrected chi connectivity index (χ2v) is 10.5. The first-order valence-corrected chi connectivity index (χ1v) is 11.6. The summed E-state index contributed by atoms with van der Waals surface area (Å²) in [5.74, 6) is -1.07. The lowest BCUT2D eigenvalue weighted by atomic mass is 10.1. The van der Waals surface area contributed by atoms with Gasteiger partial charge in [0.25, 0.3) is 0 Å². The van der Waals surface area contributed by atoms with E-state index in [0.29, 0.717) is 32.1 Å². The average molecular weight is 460 g/mol. The van der Waals surface area contributed by atoms with Gasteiger partial charge in [0.1, 0.15) is 21.8 Å². The fourth-order valence-corrected chi connectivity index (χ4v) is 5.78. The summed E-state index contributed by atoms with van der Waals surface area (Å²) in [4.78, 5) is 29.2. The summed E-state index contributed by atoms with van der Waals surface area (Å²) in [5.41, 5.74) is 1.55. The summed E-state index contributed by atoms with van der Waals surface area (Å²) in [6, 6.07) is 13.0. The zero-order chi connectivity index (χ0) is 21.3. The quantitative estimate of drug-likeness (QED) is 0.429. The normalized spacial score (nSPS) is 11.6. The lowest BCUT2D eigenvalue weighted by Crippen LogP contribution is -2.17. The maximum Gasteiger partial charge on any atom is 0.202 e. The van der Waals surface area contributed by atoms with Crippen molar-refractivity contribution < 1.29 is 17.6 Å². The summed E-state index contributed by atoms with van der Waals surface area (Å²) in [6.07, 6.45) is 2.73. The molecule has 0 atom stereocenters. The lowest BCUT2D eigenvalue weighted by molar-refractivity contribution is -0.116. The largest absolute Gasteiger partial charge is 0.463 e. The first-order chi connectivity index (χ1) is 14.3. The smallest absolute Gasteiger partial charge is 0.202 e. The van der Waals surface area contributed by atoms with E-state index in [0.717, 1.165) is 11.3 Å². The van der Waals surface area contributed by atoms with Crippen LogP contribution in [0.25, 0.3) is 22.2 Å². The third kappa shape index (κ3) is 4.21. The second-order valence-electron chi connectivity index (χ2n) is 6.56. The molecule has 0 saturated carbocycles. The van der Waals surface area contributed by atoms with Gasteiger partial charge in [0, 0.05) is 12.6 Å². The van der Waals surface area contributed by atoms with Gasteiger partial charge in [-0.1, -0.05) is 29.8 Å². The molecule has 0 saturated heterocycles. The number of para-hydroxylation sites is 1. The van der Waals surface area contributed by atoms with Gasteiger partial charge in [-0.15, -0.1) is 11.3 Å². The molecule has 0 unspecified atom stereocenters. The number of carbonyl (C=O) groups excluding carboxylic acids is 1. The molecular weight excluding hydrogens is 446 g/mol. The zero-order valence-corrected chi connectivity index (χ0v) is 17.8. The molecule has 0 N–H and O–H groups in total. The molecule has 4 rings (SSSR count). The minimum atomic E-state index is -3.73. The molecule has 6 nitrogen and oxygen atoms in total. The van der Waals surface area contributed by atoms with Crippen LogP contribution in [0.5, 0.6) is 0 Å². The highest BCUT2D eigenvalue weighted by Crippen LogP contribution is 2.26. The van der Waals surface area contributed by atoms with E-state index < -0.39 is 21.4 Å². The van der Waals surface area contributed by atoms with Crippen LogP contribution >= 0.6 is 22.9 Å². The molecular formula is C21H14ClNO5S2. The van der Waals surface area contributed by atoms with E-state index >= 15 is 0 Å². The van der Waals surface area contributed by atoms with Gasteiger partial charge in [0.15, 0.2) is 15.6 Å². The summed E-state index contributed by atoms with van der Waals surface area (Å²) in [7, 11) is -3.73. The van der Waals surface area contributed by atoms with E-state index in [1.165, 1.54) is 24.6 Å². The van der Waals surface area contributed by atoms with Gasteiger partial charge in [-0.05, 0) is 35.9 Å². The van der Waals surface area contributed by atoms with Gasteiger partial charge in [-0.3, -0.25) is 14.6 Å². The van der Waals surface area contributed by atoms with Crippen LogP contribution in [0, 0.1) is 0 Å². The molecule has 0 amide bonds. The van der Waals surface area contributed by atoms with Crippen molar-refractivity contribution >= 4 is 49.5 Å². The first kappa shape index (κ1) is 20.5. The Kier molecular flexibility index (Phi) is 5.55. The van der Waals surface area contributed by atoms with E-state index in [1.54, 1.807) is 36.4 Å². The molecule has 0 aliphatic heterocycles. The number of ketones is 1. The van der Waals surface area contributed by atoms with Gasteiger partial charge >= 0.3 is 0 Å². The Morgan fingerprint density at radius 2 is 1.90 bits per heavy atom. The van der Waals surface area contributed by atoms with E-state index in [4.69, 9.17) is 16.0 Å². The molecule has 1 aromatic carbocycles. The average Bonchev–Trinajstić information content (AvgIpc) is 3.16. The van der Waals surface area contributed by atoms with Crippen molar-refractivity contribution in [3.63, 3.8) is 0 Å². The molecule has 0 fully saturated rings. The molecule has 0 bridgehead atoms. The van der Waals surface area contributed by atoms with Crippen molar-refractivity contribution in [2.75, 3.05) is 5.75 Å². The molecule has 0 aliphatic carbocycles. The molecule has 0 aliphatic rings. The number of sulfone groups is 1. The minimum absolute atomic E-state index is 0.0670. The Morgan fingerprint density at radius 3 is 2.60 bits per heavy atom. The highest BCUT2D eigenvalue weighted by Gasteiger charge is 2.21. The van der Waals surface area contributed by atoms with Gasteiger partial charge < -0.3 is 4.42 Å². The zero-order valence-electron chi connectivity index (χ0n) is 15.4. The predicted molar refractivity (Wildman–Crippen MR) is 116 cm³/mol. The summed E-state index contributed by atoms with van der Waals surface area (Å²) >= 11 is 6.69. The van der Waals surface area contributed by atoms with Crippen molar-refractivity contribution in [1.82, 2.24) is 4.98 Å². The second kappa shape index (κ2) is 8.14. The van der Waals surface area contributed by atoms with Crippen molar-refractivity contribution in [3.8, 4) is 11.3 Å². The van der Waals surface area contributed by atoms with E-state index in [9.17, 15) is 18.0 Å². The molecule has 0 spiro atoms. The fourth-order valence-electron chi connectivity index (χ4n) is 2.97. The van der Waals surface area contributed by atoms with Crippen LogP contribution in [0.4, 0.5) is 0 Å². The Morgan fingerprint density at radius 1 is 1.10 bits per heavy atom. The van der Waals surface area contributed by atoms with Gasteiger partial charge in [-0.2, -0.15) is 0 Å². The van der Waals surface area contributed by atoms with Crippen LogP contribution in [0.3, 0.4) is 0 Å². The number of carbonyl (C=O) groups is 1. The molecule has 152 valence electrons. The first-order valence-electron chi connectivity index (χ1n) is 8.79. The molecule has 0 radical (unpaired) electrons. The maximum absolute atomic E-state index is 12.7. The third-order valence-corrected chi connectivity index (χ3v) is 7.88. The fraction of sp³-hybridized carbons (Fsp3) is 0.0952. The number of rotatable bonds is 6. The van der Waals surface area contributed by atoms with Crippen LogP contribution in [0.2, 0.25) is 4.34 Å². The topological polar surface area (TPSA) is 94.3 Å². The predicted octanol–water partition coefficient (Wildman–Crippen LogP) is 4.16. The summed E-state index contributed by atoms with van der Waals surface area (Å²) in [5, 5.41) is 0.454. The van der Waals surface area contributed by atoms with Crippen LogP contribution in [-0.4, -0.2) is 24.9 Å². The van der Waals surface area contributed by atoms with Gasteiger partial charge in [-0.25, -0.2) is 8.42 Å². The Labute approximate surface area is 180 Å². The standard InChI is InChI=1S/C21H14ClNO5S2/c22-19-7-8-20(29-19)30(26,27)12-14(24)9-13-5-6-17(23-10-13)16-11-28-18-4-2-1-3-15(18)21(16)25/h1-8,10-11H,9,12H2. The minimum Gasteiger partial charge on any atom is -0.463 e. The lowest BCUT2D eigenvalue weighted by Gasteiger charge is -2.05. The van der Waals surface area contributed by atoms with Crippen LogP contribution in [0.1, 0.15) is 5.56 Å². The van der Waals surface area contributed by atoms with E-state index in [2.05, 4.69) is 4.98 Å². The number of halogens is 1. The SMILES string of the molecule is O=C(Cc1ccc(-c2coc3ccccc3c2=O)nc1)CS(=O)(=O)c1ccc(Cl)s1. The van der Waals surface area contributed by atoms with Crippen LogP contribution in [0.15, 0.2) is 74.4 Å². The Balaban J connectivity index is 1.51. The number of pyridine rings is 1. The van der Waals surface area contributed by atoms with Crippen molar-refractivity contribution in [2.24, 2.45) is 0 Å². The number of aromatic nitrogens is 1. The highest BCUT2D eigenvalue weighted by atomic mass is 35.5. The number of nitrogens with zero attached hydrogens (tertiary/aromatic N) is 1. The van der Waals surface area contributed by atoms with Crippen molar-refractivity contribution in [3.05, 3.63) is 81.1 Å². The van der Waals surface area contributed by atoms with Crippen LogP contribution < -0.4 is 5.43 Å². The molecule has 3 aromatic heterocycles. The maximum atomic E-state index is 12.7. The Bertz CT molecular complexity index is 1410. The molecule has 30 heavy (non-hydrogen) atoms. The van der Waals surface area contributed by atoms with Gasteiger partial charge in [0.2, 0.25) is 5.43 Å². The highest BCUT2D eigenvalue weighted by molar-refractivity contribution is 7.94. The van der Waals surface area contributed by atoms with E-state index in [-0.39, 0.29) is 16.1 Å². The molecule has 9 heteroatoms. The van der Waals surface area contributed by atoms with Crippen molar-refractivity contribution in [1.29, 1.82) is 0 Å². The molecule has 4 aromatic rings. The number of hydrogen-bond acceptors (Lipinski definition) is 7. The van der Waals surface area contributed by atoms with Gasteiger partial charge in [0.05, 0.1) is 21.0 Å². The van der Waals surface area contributed by atoms with E-state index in [1.807, 2.05) is 0 Å². The number of thiophene rings is 1. The van der Waals surface area contributed by atoms with Crippen molar-refractivity contribution in [2.45, 2.75) is 10.6 Å². The molecule has 3 heterocycles. The summed E-state index contributed by atoms with van der Waals surface area (Å²) in [6.45, 7) is 0. The third-order valence-electron chi connectivity index (χ3n) is 4.39. The number of Topliss-reactive ketones (excluding diaryl/α,β-unsaturated/α-hetero) is 1.